The average molecular weight is 1690 g/mol. The smallest absolute Gasteiger partial charge is 0.163 e. The van der Waals surface area contributed by atoms with E-state index in [0.717, 1.165) is 107 Å². The van der Waals surface area contributed by atoms with Crippen LogP contribution in [0.25, 0.3) is 233 Å². The van der Waals surface area contributed by atoms with Crippen LogP contribution in [0.2, 0.25) is 0 Å². The number of nitrogens with zero attached hydrogens (tertiary/aromatic N) is 11. The highest BCUT2D eigenvalue weighted by molar-refractivity contribution is 6.14. The van der Waals surface area contributed by atoms with Crippen molar-refractivity contribution >= 4 is 131 Å². The summed E-state index contributed by atoms with van der Waals surface area (Å²) in [6.07, 6.45) is 3.84. The minimum atomic E-state index is 0.667. The summed E-state index contributed by atoms with van der Waals surface area (Å²) in [5.41, 5.74) is 29.1. The highest BCUT2D eigenvalue weighted by atomic mass is 15.1. The molecule has 618 valence electrons. The molecule has 0 saturated heterocycles. The third-order valence-electron chi connectivity index (χ3n) is 25.9. The Morgan fingerprint density at radius 3 is 0.606 bits per heavy atom. The zero-order valence-electron chi connectivity index (χ0n) is 71.5. The normalized spacial score (nSPS) is 11.6. The Morgan fingerprint density at radius 1 is 0.136 bits per heavy atom. The fraction of sp³-hybridized carbons (Fsp3) is 0. The van der Waals surface area contributed by atoms with Crippen LogP contribution in [0, 0.1) is 0 Å². The molecular formula is C121H79N11. The molecule has 0 aliphatic heterocycles. The quantitative estimate of drug-likeness (QED) is 0.121. The van der Waals surface area contributed by atoms with Crippen LogP contribution in [-0.4, -0.2) is 52.3 Å². The number of aromatic nitrogens is 11. The Bertz CT molecular complexity index is 8450. The van der Waals surface area contributed by atoms with E-state index < -0.39 is 0 Å². The number of hydrogen-bond donors (Lipinski definition) is 0. The minimum absolute atomic E-state index is 0.667. The second-order valence-corrected chi connectivity index (χ2v) is 33.5. The van der Waals surface area contributed by atoms with Gasteiger partial charge in [0.15, 0.2) is 11.6 Å². The van der Waals surface area contributed by atoms with Gasteiger partial charge in [0.1, 0.15) is 11.6 Å². The molecule has 0 unspecified atom stereocenters. The van der Waals surface area contributed by atoms with Crippen molar-refractivity contribution in [2.75, 3.05) is 0 Å². The first-order chi connectivity index (χ1) is 65.5. The van der Waals surface area contributed by atoms with Crippen molar-refractivity contribution in [2.45, 2.75) is 0 Å². The number of hydrogen-bond acceptors (Lipinski definition) is 5. The lowest BCUT2D eigenvalue weighted by atomic mass is 9.97. The molecule has 27 rings (SSSR count). The van der Waals surface area contributed by atoms with Crippen LogP contribution in [-0.2, 0) is 0 Å². The van der Waals surface area contributed by atoms with E-state index >= 15 is 0 Å². The van der Waals surface area contributed by atoms with Gasteiger partial charge < -0.3 is 18.3 Å². The van der Waals surface area contributed by atoms with Crippen LogP contribution < -0.4 is 0 Å². The summed E-state index contributed by atoms with van der Waals surface area (Å²) in [4.78, 5) is 25.3. The second kappa shape index (κ2) is 32.2. The lowest BCUT2D eigenvalue weighted by Gasteiger charge is -2.14. The van der Waals surface area contributed by atoms with E-state index in [0.29, 0.717) is 11.6 Å². The van der Waals surface area contributed by atoms with Gasteiger partial charge in [-0.1, -0.05) is 315 Å². The predicted octanol–water partition coefficient (Wildman–Crippen LogP) is 30.6. The molecular weight excluding hydrogens is 1610 g/mol. The van der Waals surface area contributed by atoms with Gasteiger partial charge in [0.2, 0.25) is 0 Å². The number of fused-ring (bicyclic) bond motifs is 18. The highest BCUT2D eigenvalue weighted by Gasteiger charge is 2.23. The number of rotatable bonds is 12. The van der Waals surface area contributed by atoms with E-state index in [-0.39, 0.29) is 0 Å². The minimum Gasteiger partial charge on any atom is -0.309 e. The average Bonchev–Trinajstić information content (AvgIpc) is 1.58. The van der Waals surface area contributed by atoms with Crippen molar-refractivity contribution in [1.29, 1.82) is 0 Å². The lowest BCUT2D eigenvalue weighted by Crippen LogP contribution is -2.06. The third kappa shape index (κ3) is 13.2. The molecule has 0 fully saturated rings. The van der Waals surface area contributed by atoms with E-state index in [1.54, 1.807) is 0 Å². The van der Waals surface area contributed by atoms with Crippen LogP contribution in [0.1, 0.15) is 0 Å². The monoisotopic (exact) mass is 1690 g/mol. The predicted molar refractivity (Wildman–Crippen MR) is 547 cm³/mol. The van der Waals surface area contributed by atoms with Gasteiger partial charge in [-0.25, -0.2) is 24.9 Å². The highest BCUT2D eigenvalue weighted by Crippen LogP contribution is 2.42. The van der Waals surface area contributed by atoms with Gasteiger partial charge >= 0.3 is 0 Å². The van der Waals surface area contributed by atoms with Crippen molar-refractivity contribution in [3.05, 3.63) is 480 Å². The maximum absolute atomic E-state index is 5.34. The Hall–Kier alpha value is -17.9. The van der Waals surface area contributed by atoms with Crippen molar-refractivity contribution < 1.29 is 0 Å². The first-order valence-corrected chi connectivity index (χ1v) is 44.7. The molecule has 9 aromatic heterocycles. The van der Waals surface area contributed by atoms with Gasteiger partial charge in [-0.05, 0) is 168 Å². The molecule has 9 heterocycles. The molecule has 11 nitrogen and oxygen atoms in total. The molecule has 0 N–H and O–H groups in total. The van der Waals surface area contributed by atoms with Gasteiger partial charge in [0.05, 0.1) is 95.7 Å². The maximum atomic E-state index is 5.34. The molecule has 0 spiro atoms. The van der Waals surface area contributed by atoms with E-state index in [1.807, 2.05) is 24.5 Å². The summed E-state index contributed by atoms with van der Waals surface area (Å²) in [5.74, 6) is 3.02. The SMILES string of the molecule is c1ccc(-c2cc(-c3ccc(-c4ccc(-n5c6ccccc6c6ccccc65)cc4)cc3)cc(-c3ccccc3)n2)cc1.c1ccc2c(c1)c1ccccc1n2-c1ccc(-c2nc(-n3c4ccccc4c4ccccc43)cc(-n3c4ccccc4c4ccccc43)n2)cc1.c1ccc2c(c1)c1ccccc1n2-c1ccc(-c2ncc(-n3c4ccccc4c4ccccc43)cn2)cc1. The summed E-state index contributed by atoms with van der Waals surface area (Å²) in [6, 6.07) is 165. The van der Waals surface area contributed by atoms with E-state index in [1.165, 1.54) is 114 Å². The summed E-state index contributed by atoms with van der Waals surface area (Å²) in [6.45, 7) is 0. The largest absolute Gasteiger partial charge is 0.309 e. The fourth-order valence-corrected chi connectivity index (χ4v) is 19.9. The molecule has 0 aliphatic carbocycles. The first-order valence-electron chi connectivity index (χ1n) is 44.7. The Labute approximate surface area is 759 Å². The molecule has 18 aromatic carbocycles. The number of benzene rings is 18. The van der Waals surface area contributed by atoms with Gasteiger partial charge in [-0.15, -0.1) is 0 Å². The summed E-state index contributed by atoms with van der Waals surface area (Å²) in [5, 5.41) is 14.8. The van der Waals surface area contributed by atoms with Crippen molar-refractivity contribution in [3.8, 4) is 102 Å². The third-order valence-corrected chi connectivity index (χ3v) is 25.9. The van der Waals surface area contributed by atoms with Gasteiger partial charge in [-0.3, -0.25) is 9.13 Å². The van der Waals surface area contributed by atoms with Gasteiger partial charge in [0, 0.05) is 110 Å². The van der Waals surface area contributed by atoms with Crippen molar-refractivity contribution in [1.82, 2.24) is 52.3 Å². The van der Waals surface area contributed by atoms with Crippen LogP contribution in [0.3, 0.4) is 0 Å². The lowest BCUT2D eigenvalue weighted by molar-refractivity contribution is 0.994. The van der Waals surface area contributed by atoms with Crippen molar-refractivity contribution in [3.63, 3.8) is 0 Å². The zero-order valence-corrected chi connectivity index (χ0v) is 71.5. The Morgan fingerprint density at radius 2 is 0.341 bits per heavy atom. The molecule has 0 radical (unpaired) electrons. The molecule has 0 aliphatic rings. The van der Waals surface area contributed by atoms with E-state index in [4.69, 9.17) is 24.9 Å². The summed E-state index contributed by atoms with van der Waals surface area (Å²) in [7, 11) is 0. The second-order valence-electron chi connectivity index (χ2n) is 33.5. The van der Waals surface area contributed by atoms with E-state index in [9.17, 15) is 0 Å². The molecule has 27 aromatic rings. The molecule has 11 heteroatoms. The van der Waals surface area contributed by atoms with Gasteiger partial charge in [-0.2, -0.15) is 0 Å². The molecule has 0 saturated carbocycles. The Kier molecular flexibility index (Phi) is 18.7. The summed E-state index contributed by atoms with van der Waals surface area (Å²) >= 11 is 0. The fourth-order valence-electron chi connectivity index (χ4n) is 19.9. The zero-order chi connectivity index (χ0) is 87.1. The van der Waals surface area contributed by atoms with E-state index in [2.05, 4.69) is 482 Å². The number of pyridine rings is 1. The van der Waals surface area contributed by atoms with Crippen LogP contribution in [0.4, 0.5) is 0 Å². The van der Waals surface area contributed by atoms with Crippen molar-refractivity contribution in [2.24, 2.45) is 0 Å². The Balaban J connectivity index is 0.000000108. The maximum Gasteiger partial charge on any atom is 0.163 e. The molecule has 0 amide bonds. The van der Waals surface area contributed by atoms with Gasteiger partial charge in [0.25, 0.3) is 0 Å². The van der Waals surface area contributed by atoms with Crippen LogP contribution >= 0.6 is 0 Å². The first kappa shape index (κ1) is 76.5. The molecule has 0 bridgehead atoms. The molecule has 0 atom stereocenters. The standard InChI is InChI=1S/C46H29N5.C41H28N2.C34H22N4/c1-7-19-38-32(13-1)33-14-2-8-20-39(33)49(38)31-27-25-30(26-28-31)46-47-44(50-40-21-9-3-15-34(40)35-16-4-10-22-41(35)50)29-45(48-46)51-42-23-11-5-17-36(42)37-18-6-12-24-43(37)51;1-3-11-32(12-4-1)38-27-34(28-39(42-38)33-13-5-2-6-14-33)31-21-19-29(20-22-31)30-23-25-35(26-24-30)43-40-17-9-7-15-36(40)37-16-8-10-18-41(37)43;1-5-13-30-26(9-1)27-10-2-6-14-31(27)37(30)24-19-17-23(18-20-24)34-35-21-25(22-36-34)38-32-15-7-3-11-28(32)29-12-4-8-16-33(29)38/h1-29H;1-28H;1-22H. The topological polar surface area (TPSA) is 94.0 Å². The molecule has 132 heavy (non-hydrogen) atoms. The van der Waals surface area contributed by atoms with Crippen LogP contribution in [0.5, 0.6) is 0 Å². The van der Waals surface area contributed by atoms with Crippen LogP contribution in [0.15, 0.2) is 480 Å². The summed E-state index contributed by atoms with van der Waals surface area (Å²) < 4.78 is 13.8. The number of para-hydroxylation sites is 12.